The maximum Gasteiger partial charge on any atom is 0.251 e. The van der Waals surface area contributed by atoms with Crippen LogP contribution in [0.1, 0.15) is 15.9 Å². The summed E-state index contributed by atoms with van der Waals surface area (Å²) >= 11 is 0. The van der Waals surface area contributed by atoms with Gasteiger partial charge in [-0.3, -0.25) is 9.78 Å². The average Bonchev–Trinajstić information content (AvgIpc) is 2.87. The Labute approximate surface area is 196 Å². The molecule has 0 bridgehead atoms. The van der Waals surface area contributed by atoms with Gasteiger partial charge >= 0.3 is 0 Å². The van der Waals surface area contributed by atoms with Crippen molar-refractivity contribution in [1.29, 1.82) is 0 Å². The molecule has 0 atom stereocenters. The SMILES string of the molecule is O=C(NCc1ccc(-c2cccc(O)c2)c2ccncc12)c1cccc(-c2cccc(F)c2)c1. The smallest absolute Gasteiger partial charge is 0.251 e. The normalized spacial score (nSPS) is 10.9. The Balaban J connectivity index is 1.40. The number of benzene rings is 4. The molecule has 1 aromatic heterocycles. The highest BCUT2D eigenvalue weighted by molar-refractivity contribution is 5.99. The molecule has 5 rings (SSSR count). The van der Waals surface area contributed by atoms with Crippen LogP contribution in [0.5, 0.6) is 5.75 Å². The van der Waals surface area contributed by atoms with Gasteiger partial charge in [0.05, 0.1) is 0 Å². The van der Waals surface area contributed by atoms with Crippen LogP contribution in [-0.2, 0) is 6.54 Å². The number of phenols is 1. The van der Waals surface area contributed by atoms with Crippen molar-refractivity contribution >= 4 is 16.7 Å². The van der Waals surface area contributed by atoms with E-state index in [1.54, 1.807) is 48.8 Å². The van der Waals surface area contributed by atoms with E-state index in [0.29, 0.717) is 17.7 Å². The van der Waals surface area contributed by atoms with Crippen molar-refractivity contribution in [2.24, 2.45) is 0 Å². The number of nitrogens with one attached hydrogen (secondary N) is 1. The maximum absolute atomic E-state index is 13.6. The van der Waals surface area contributed by atoms with Crippen molar-refractivity contribution in [1.82, 2.24) is 10.3 Å². The largest absolute Gasteiger partial charge is 0.508 e. The third-order valence-corrected chi connectivity index (χ3v) is 5.79. The third-order valence-electron chi connectivity index (χ3n) is 5.79. The van der Waals surface area contributed by atoms with Crippen LogP contribution in [0, 0.1) is 5.82 Å². The first-order valence-corrected chi connectivity index (χ1v) is 10.9. The molecule has 1 heterocycles. The lowest BCUT2D eigenvalue weighted by molar-refractivity contribution is 0.0951. The summed E-state index contributed by atoms with van der Waals surface area (Å²) in [5, 5.41) is 14.8. The van der Waals surface area contributed by atoms with Gasteiger partial charge in [0.15, 0.2) is 0 Å². The van der Waals surface area contributed by atoms with Gasteiger partial charge in [0.1, 0.15) is 11.6 Å². The van der Waals surface area contributed by atoms with Crippen LogP contribution in [0.25, 0.3) is 33.0 Å². The second-order valence-corrected chi connectivity index (χ2v) is 8.02. The van der Waals surface area contributed by atoms with Gasteiger partial charge in [-0.2, -0.15) is 0 Å². The van der Waals surface area contributed by atoms with Gasteiger partial charge in [-0.05, 0) is 75.7 Å². The number of hydrogen-bond acceptors (Lipinski definition) is 3. The van der Waals surface area contributed by atoms with Crippen LogP contribution in [-0.4, -0.2) is 16.0 Å². The van der Waals surface area contributed by atoms with Crippen LogP contribution in [0.4, 0.5) is 4.39 Å². The van der Waals surface area contributed by atoms with Crippen molar-refractivity contribution < 1.29 is 14.3 Å². The Kier molecular flexibility index (Phi) is 5.75. The molecule has 0 aliphatic rings. The number of rotatable bonds is 5. The first kappa shape index (κ1) is 21.3. The molecule has 166 valence electrons. The van der Waals surface area contributed by atoms with Gasteiger partial charge < -0.3 is 10.4 Å². The molecular weight excluding hydrogens is 427 g/mol. The molecule has 1 amide bonds. The van der Waals surface area contributed by atoms with E-state index in [0.717, 1.165) is 33.0 Å². The molecule has 34 heavy (non-hydrogen) atoms. The second-order valence-electron chi connectivity index (χ2n) is 8.02. The Morgan fingerprint density at radius 3 is 2.41 bits per heavy atom. The number of amides is 1. The Morgan fingerprint density at radius 2 is 1.59 bits per heavy atom. The summed E-state index contributed by atoms with van der Waals surface area (Å²) in [6, 6.07) is 26.5. The van der Waals surface area contributed by atoms with E-state index in [4.69, 9.17) is 0 Å². The zero-order chi connectivity index (χ0) is 23.5. The monoisotopic (exact) mass is 448 g/mol. The molecule has 5 aromatic rings. The molecule has 2 N–H and O–H groups in total. The van der Waals surface area contributed by atoms with E-state index < -0.39 is 0 Å². The molecule has 0 aliphatic carbocycles. The fourth-order valence-corrected chi connectivity index (χ4v) is 4.11. The summed E-state index contributed by atoms with van der Waals surface area (Å²) in [5.74, 6) is -0.328. The van der Waals surface area contributed by atoms with E-state index >= 15 is 0 Å². The third kappa shape index (κ3) is 4.36. The predicted molar refractivity (Wildman–Crippen MR) is 132 cm³/mol. The molecule has 0 aliphatic heterocycles. The quantitative estimate of drug-likeness (QED) is 0.330. The minimum absolute atomic E-state index is 0.205. The number of aromatic nitrogens is 1. The highest BCUT2D eigenvalue weighted by Crippen LogP contribution is 2.32. The molecule has 0 radical (unpaired) electrons. The van der Waals surface area contributed by atoms with E-state index in [2.05, 4.69) is 10.3 Å². The zero-order valence-electron chi connectivity index (χ0n) is 18.2. The minimum Gasteiger partial charge on any atom is -0.508 e. The van der Waals surface area contributed by atoms with Crippen molar-refractivity contribution in [3.8, 4) is 28.0 Å². The van der Waals surface area contributed by atoms with Crippen LogP contribution in [0.3, 0.4) is 0 Å². The molecule has 0 saturated heterocycles. The predicted octanol–water partition coefficient (Wildman–Crippen LogP) is 6.34. The summed E-state index contributed by atoms with van der Waals surface area (Å²) in [7, 11) is 0. The van der Waals surface area contributed by atoms with Gasteiger partial charge in [0.25, 0.3) is 5.91 Å². The lowest BCUT2D eigenvalue weighted by atomic mass is 9.96. The topological polar surface area (TPSA) is 62.2 Å². The van der Waals surface area contributed by atoms with Gasteiger partial charge in [-0.1, -0.05) is 48.5 Å². The Morgan fingerprint density at radius 1 is 0.824 bits per heavy atom. The van der Waals surface area contributed by atoms with Crippen LogP contribution < -0.4 is 5.32 Å². The van der Waals surface area contributed by atoms with Crippen molar-refractivity contribution in [3.05, 3.63) is 120 Å². The number of nitrogens with zero attached hydrogens (tertiary/aromatic N) is 1. The zero-order valence-corrected chi connectivity index (χ0v) is 18.2. The minimum atomic E-state index is -0.318. The number of phenolic OH excluding ortho intramolecular Hbond substituents is 1. The summed E-state index contributed by atoms with van der Waals surface area (Å²) in [5.41, 5.74) is 4.81. The highest BCUT2D eigenvalue weighted by Gasteiger charge is 2.12. The summed E-state index contributed by atoms with van der Waals surface area (Å²) in [6.07, 6.45) is 3.52. The lowest BCUT2D eigenvalue weighted by Gasteiger charge is -2.13. The lowest BCUT2D eigenvalue weighted by Crippen LogP contribution is -2.23. The van der Waals surface area contributed by atoms with Gasteiger partial charge in [-0.25, -0.2) is 4.39 Å². The number of pyridine rings is 1. The van der Waals surface area contributed by atoms with Crippen molar-refractivity contribution in [2.75, 3.05) is 0 Å². The van der Waals surface area contributed by atoms with Crippen LogP contribution in [0.15, 0.2) is 103 Å². The molecule has 5 heteroatoms. The molecule has 4 nitrogen and oxygen atoms in total. The number of hydrogen-bond donors (Lipinski definition) is 2. The van der Waals surface area contributed by atoms with Crippen LogP contribution >= 0.6 is 0 Å². The summed E-state index contributed by atoms with van der Waals surface area (Å²) < 4.78 is 13.6. The summed E-state index contributed by atoms with van der Waals surface area (Å²) in [4.78, 5) is 17.2. The standard InChI is InChI=1S/C29H21FN2O2/c30-24-8-2-5-20(15-24)19-4-1-7-22(14-19)29(34)32-17-23-10-11-26(21-6-3-9-25(33)16-21)27-12-13-31-18-28(23)27/h1-16,18,33H,17H2,(H,32,34). The molecule has 0 unspecified atom stereocenters. The number of aromatic hydroxyl groups is 1. The van der Waals surface area contributed by atoms with Crippen molar-refractivity contribution in [3.63, 3.8) is 0 Å². The summed E-state index contributed by atoms with van der Waals surface area (Å²) in [6.45, 7) is 0.325. The highest BCUT2D eigenvalue weighted by atomic mass is 19.1. The molecule has 4 aromatic carbocycles. The molecule has 0 spiro atoms. The fourth-order valence-electron chi connectivity index (χ4n) is 4.11. The van der Waals surface area contributed by atoms with Gasteiger partial charge in [0.2, 0.25) is 0 Å². The molecule has 0 fully saturated rings. The van der Waals surface area contributed by atoms with E-state index in [1.807, 2.05) is 42.5 Å². The number of fused-ring (bicyclic) bond motifs is 1. The first-order chi connectivity index (χ1) is 16.6. The van der Waals surface area contributed by atoms with Gasteiger partial charge in [-0.15, -0.1) is 0 Å². The Hall–Kier alpha value is -4.51. The number of halogens is 1. The van der Waals surface area contributed by atoms with E-state index in [1.165, 1.54) is 12.1 Å². The first-order valence-electron chi connectivity index (χ1n) is 10.9. The average molecular weight is 448 g/mol. The Bertz CT molecular complexity index is 1510. The number of carbonyl (C=O) groups is 1. The van der Waals surface area contributed by atoms with Crippen molar-refractivity contribution in [2.45, 2.75) is 6.54 Å². The maximum atomic E-state index is 13.6. The van der Waals surface area contributed by atoms with Gasteiger partial charge in [0, 0.05) is 29.9 Å². The molecule has 0 saturated carbocycles. The second kappa shape index (κ2) is 9.16. The molecular formula is C29H21FN2O2. The van der Waals surface area contributed by atoms with E-state index in [9.17, 15) is 14.3 Å². The van der Waals surface area contributed by atoms with Crippen LogP contribution in [0.2, 0.25) is 0 Å². The van der Waals surface area contributed by atoms with E-state index in [-0.39, 0.29) is 17.5 Å². The number of carbonyl (C=O) groups excluding carboxylic acids is 1. The fraction of sp³-hybridized carbons (Fsp3) is 0.0345.